The topological polar surface area (TPSA) is 72.7 Å². The molecule has 0 aromatic carbocycles. The molecule has 1 rings (SSSR count). The van der Waals surface area contributed by atoms with Crippen LogP contribution in [0.15, 0.2) is 0 Å². The van der Waals surface area contributed by atoms with E-state index in [1.807, 2.05) is 0 Å². The molecule has 0 radical (unpaired) electrons. The van der Waals surface area contributed by atoms with Gasteiger partial charge in [-0.15, -0.1) is 0 Å². The van der Waals surface area contributed by atoms with Crippen LogP contribution in [0.2, 0.25) is 0 Å². The minimum Gasteiger partial charge on any atom is -0.394 e. The van der Waals surface area contributed by atoms with Gasteiger partial charge in [-0.2, -0.15) is 0 Å². The third-order valence-electron chi connectivity index (χ3n) is 2.31. The minimum absolute atomic E-state index is 0.103. The second-order valence-electron chi connectivity index (χ2n) is 3.35. The van der Waals surface area contributed by atoms with Gasteiger partial charge in [0.15, 0.2) is 0 Å². The Morgan fingerprint density at radius 1 is 1.42 bits per heavy atom. The molecule has 0 amide bonds. The van der Waals surface area contributed by atoms with Crippen LogP contribution < -0.4 is 5.32 Å². The standard InChI is InChI=1S/C8H17NO3/c10-5-6(11)4-9-7-2-1-3-8(7)12/h6-12H,1-5H2/t6?,7-,8-/m0/s1. The SMILES string of the molecule is OCC(O)CN[C@H]1CCC[C@@H]1O. The minimum atomic E-state index is -0.710. The number of hydrogen-bond acceptors (Lipinski definition) is 4. The largest absolute Gasteiger partial charge is 0.394 e. The maximum absolute atomic E-state index is 9.37. The summed E-state index contributed by atoms with van der Waals surface area (Å²) in [6.07, 6.45) is 1.84. The van der Waals surface area contributed by atoms with Gasteiger partial charge < -0.3 is 20.6 Å². The summed E-state index contributed by atoms with van der Waals surface area (Å²) in [5.74, 6) is 0. The molecule has 12 heavy (non-hydrogen) atoms. The molecule has 0 bridgehead atoms. The molecule has 1 fully saturated rings. The molecule has 3 atom stereocenters. The number of rotatable bonds is 4. The first-order valence-electron chi connectivity index (χ1n) is 4.44. The maximum Gasteiger partial charge on any atom is 0.0895 e. The van der Waals surface area contributed by atoms with Crippen LogP contribution in [0.25, 0.3) is 0 Å². The van der Waals surface area contributed by atoms with Gasteiger partial charge in [0.25, 0.3) is 0 Å². The predicted molar refractivity (Wildman–Crippen MR) is 44.7 cm³/mol. The lowest BCUT2D eigenvalue weighted by Crippen LogP contribution is -2.41. The Kier molecular flexibility index (Phi) is 3.94. The summed E-state index contributed by atoms with van der Waals surface area (Å²) >= 11 is 0. The van der Waals surface area contributed by atoms with E-state index in [2.05, 4.69) is 5.32 Å². The lowest BCUT2D eigenvalue weighted by molar-refractivity contribution is 0.0824. The van der Waals surface area contributed by atoms with Gasteiger partial charge in [-0.05, 0) is 19.3 Å². The fraction of sp³-hybridized carbons (Fsp3) is 1.00. The summed E-state index contributed by atoms with van der Waals surface area (Å²) in [5.41, 5.74) is 0. The van der Waals surface area contributed by atoms with E-state index in [9.17, 15) is 5.11 Å². The van der Waals surface area contributed by atoms with Gasteiger partial charge in [-0.3, -0.25) is 0 Å². The zero-order valence-corrected chi connectivity index (χ0v) is 7.11. The van der Waals surface area contributed by atoms with Crippen LogP contribution in [-0.2, 0) is 0 Å². The highest BCUT2D eigenvalue weighted by atomic mass is 16.3. The molecule has 0 aliphatic heterocycles. The molecule has 0 saturated heterocycles. The van der Waals surface area contributed by atoms with Gasteiger partial charge in [0, 0.05) is 12.6 Å². The normalized spacial score (nSPS) is 32.2. The average Bonchev–Trinajstić information content (AvgIpc) is 2.47. The summed E-state index contributed by atoms with van der Waals surface area (Å²) in [7, 11) is 0. The summed E-state index contributed by atoms with van der Waals surface area (Å²) < 4.78 is 0. The van der Waals surface area contributed by atoms with E-state index >= 15 is 0 Å². The van der Waals surface area contributed by atoms with Crippen molar-refractivity contribution in [2.24, 2.45) is 0 Å². The maximum atomic E-state index is 9.37. The van der Waals surface area contributed by atoms with Gasteiger partial charge in [0.2, 0.25) is 0 Å². The van der Waals surface area contributed by atoms with E-state index in [1.165, 1.54) is 0 Å². The summed E-state index contributed by atoms with van der Waals surface area (Å²) in [6.45, 7) is 0.133. The monoisotopic (exact) mass is 175 g/mol. The highest BCUT2D eigenvalue weighted by molar-refractivity contribution is 4.83. The lowest BCUT2D eigenvalue weighted by Gasteiger charge is -2.17. The van der Waals surface area contributed by atoms with Crippen LogP contribution in [0.4, 0.5) is 0 Å². The quantitative estimate of drug-likeness (QED) is 0.435. The van der Waals surface area contributed by atoms with Crippen molar-refractivity contribution in [3.05, 3.63) is 0 Å². The molecular weight excluding hydrogens is 158 g/mol. The van der Waals surface area contributed by atoms with Gasteiger partial charge in [0.05, 0.1) is 18.8 Å². The number of aliphatic hydroxyl groups is 3. The van der Waals surface area contributed by atoms with Crippen molar-refractivity contribution in [3.8, 4) is 0 Å². The molecule has 4 heteroatoms. The predicted octanol–water partition coefficient (Wildman–Crippen LogP) is -1.16. The van der Waals surface area contributed by atoms with Crippen molar-refractivity contribution >= 4 is 0 Å². The first-order valence-corrected chi connectivity index (χ1v) is 4.44. The fourth-order valence-corrected chi connectivity index (χ4v) is 1.53. The molecule has 1 aliphatic rings. The molecule has 0 spiro atoms. The van der Waals surface area contributed by atoms with Crippen molar-refractivity contribution in [3.63, 3.8) is 0 Å². The molecule has 1 aliphatic carbocycles. The van der Waals surface area contributed by atoms with Crippen LogP contribution in [0.5, 0.6) is 0 Å². The molecule has 4 N–H and O–H groups in total. The highest BCUT2D eigenvalue weighted by Crippen LogP contribution is 2.18. The molecule has 1 saturated carbocycles. The molecular formula is C8H17NO3. The molecule has 1 unspecified atom stereocenters. The van der Waals surface area contributed by atoms with Gasteiger partial charge in [0.1, 0.15) is 0 Å². The Labute approximate surface area is 72.2 Å². The smallest absolute Gasteiger partial charge is 0.0895 e. The average molecular weight is 175 g/mol. The molecule has 0 heterocycles. The second kappa shape index (κ2) is 4.77. The zero-order chi connectivity index (χ0) is 8.97. The lowest BCUT2D eigenvalue weighted by atomic mass is 10.2. The van der Waals surface area contributed by atoms with E-state index in [0.717, 1.165) is 19.3 Å². The van der Waals surface area contributed by atoms with Crippen LogP contribution >= 0.6 is 0 Å². The van der Waals surface area contributed by atoms with E-state index in [0.29, 0.717) is 6.54 Å². The van der Waals surface area contributed by atoms with Crippen LogP contribution in [0.3, 0.4) is 0 Å². The summed E-state index contributed by atoms with van der Waals surface area (Å²) in [6, 6.07) is 0.103. The van der Waals surface area contributed by atoms with Crippen LogP contribution in [0.1, 0.15) is 19.3 Å². The Morgan fingerprint density at radius 2 is 2.17 bits per heavy atom. The Morgan fingerprint density at radius 3 is 2.67 bits per heavy atom. The summed E-state index contributed by atoms with van der Waals surface area (Å²) in [4.78, 5) is 0. The van der Waals surface area contributed by atoms with E-state index in [-0.39, 0.29) is 18.8 Å². The highest BCUT2D eigenvalue weighted by Gasteiger charge is 2.24. The number of hydrogen-bond donors (Lipinski definition) is 4. The van der Waals surface area contributed by atoms with Gasteiger partial charge in [-0.1, -0.05) is 0 Å². The van der Waals surface area contributed by atoms with Crippen molar-refractivity contribution in [2.75, 3.05) is 13.2 Å². The first-order chi connectivity index (χ1) is 5.74. The number of aliphatic hydroxyl groups excluding tert-OH is 3. The van der Waals surface area contributed by atoms with Crippen LogP contribution in [-0.4, -0.2) is 46.7 Å². The third kappa shape index (κ3) is 2.71. The van der Waals surface area contributed by atoms with Gasteiger partial charge >= 0.3 is 0 Å². The number of nitrogens with one attached hydrogen (secondary N) is 1. The van der Waals surface area contributed by atoms with E-state index in [1.54, 1.807) is 0 Å². The molecule has 72 valence electrons. The first kappa shape index (κ1) is 9.92. The van der Waals surface area contributed by atoms with Crippen molar-refractivity contribution in [1.82, 2.24) is 5.32 Å². The van der Waals surface area contributed by atoms with E-state index < -0.39 is 6.10 Å². The fourth-order valence-electron chi connectivity index (χ4n) is 1.53. The summed E-state index contributed by atoms with van der Waals surface area (Å²) in [5, 5.41) is 29.9. The third-order valence-corrected chi connectivity index (χ3v) is 2.31. The molecule has 0 aromatic heterocycles. The van der Waals surface area contributed by atoms with Crippen molar-refractivity contribution in [2.45, 2.75) is 37.5 Å². The van der Waals surface area contributed by atoms with Gasteiger partial charge in [-0.25, -0.2) is 0 Å². The van der Waals surface area contributed by atoms with Crippen molar-refractivity contribution < 1.29 is 15.3 Å². The Bertz CT molecular complexity index is 131. The van der Waals surface area contributed by atoms with Crippen molar-refractivity contribution in [1.29, 1.82) is 0 Å². The van der Waals surface area contributed by atoms with E-state index in [4.69, 9.17) is 10.2 Å². The molecule has 4 nitrogen and oxygen atoms in total. The Balaban J connectivity index is 2.13. The second-order valence-corrected chi connectivity index (χ2v) is 3.35. The Hall–Kier alpha value is -0.160. The molecule has 0 aromatic rings. The van der Waals surface area contributed by atoms with Crippen LogP contribution in [0, 0.1) is 0 Å². The zero-order valence-electron chi connectivity index (χ0n) is 7.11.